The summed E-state index contributed by atoms with van der Waals surface area (Å²) in [6.45, 7) is 3.95. The highest BCUT2D eigenvalue weighted by molar-refractivity contribution is 9.10. The normalized spacial score (nSPS) is 10.4. The summed E-state index contributed by atoms with van der Waals surface area (Å²) in [4.78, 5) is 12.2. The van der Waals surface area contributed by atoms with E-state index in [1.54, 1.807) is 6.07 Å². The molecule has 21 heavy (non-hydrogen) atoms. The predicted molar refractivity (Wildman–Crippen MR) is 90.5 cm³/mol. The molecule has 0 atom stereocenters. The maximum Gasteiger partial charge on any atom is 0.256 e. The van der Waals surface area contributed by atoms with Gasteiger partial charge in [-0.1, -0.05) is 31.2 Å². The number of amides is 1. The molecular formula is C17H19BrN2O. The summed E-state index contributed by atoms with van der Waals surface area (Å²) in [6.07, 6.45) is 1.11. The zero-order chi connectivity index (χ0) is 15.1. The van der Waals surface area contributed by atoms with Crippen molar-refractivity contribution in [2.24, 2.45) is 0 Å². The highest BCUT2D eigenvalue weighted by Gasteiger charge is 2.09. The van der Waals surface area contributed by atoms with Gasteiger partial charge < -0.3 is 10.6 Å². The van der Waals surface area contributed by atoms with E-state index in [9.17, 15) is 4.79 Å². The van der Waals surface area contributed by atoms with E-state index in [-0.39, 0.29) is 5.91 Å². The molecule has 110 valence electrons. The van der Waals surface area contributed by atoms with E-state index < -0.39 is 0 Å². The first-order valence-corrected chi connectivity index (χ1v) is 7.85. The number of hydrogen-bond acceptors (Lipinski definition) is 2. The molecule has 0 fully saturated rings. The van der Waals surface area contributed by atoms with Crippen molar-refractivity contribution in [2.45, 2.75) is 19.9 Å². The number of carbonyl (C=O) groups excluding carboxylic acids is 1. The molecule has 0 unspecified atom stereocenters. The van der Waals surface area contributed by atoms with Crippen LogP contribution in [0.4, 0.5) is 5.69 Å². The first kappa shape index (κ1) is 15.7. The average molecular weight is 347 g/mol. The highest BCUT2D eigenvalue weighted by atomic mass is 79.9. The van der Waals surface area contributed by atoms with Crippen LogP contribution in [0.1, 0.15) is 29.3 Å². The number of hydrogen-bond donors (Lipinski definition) is 2. The van der Waals surface area contributed by atoms with E-state index >= 15 is 0 Å². The molecule has 0 radical (unpaired) electrons. The summed E-state index contributed by atoms with van der Waals surface area (Å²) in [5.74, 6) is -0.110. The van der Waals surface area contributed by atoms with Gasteiger partial charge in [0.15, 0.2) is 0 Å². The van der Waals surface area contributed by atoms with Gasteiger partial charge in [-0.05, 0) is 58.7 Å². The predicted octanol–water partition coefficient (Wildman–Crippen LogP) is 4.20. The summed E-state index contributed by atoms with van der Waals surface area (Å²) < 4.78 is 0.795. The molecule has 0 saturated heterocycles. The van der Waals surface area contributed by atoms with Crippen molar-refractivity contribution in [3.63, 3.8) is 0 Å². The van der Waals surface area contributed by atoms with Gasteiger partial charge in [-0.25, -0.2) is 0 Å². The Kier molecular flexibility index (Phi) is 5.96. The topological polar surface area (TPSA) is 41.1 Å². The number of rotatable bonds is 6. The molecule has 3 nitrogen and oxygen atoms in total. The van der Waals surface area contributed by atoms with Gasteiger partial charge in [-0.3, -0.25) is 4.79 Å². The van der Waals surface area contributed by atoms with Crippen molar-refractivity contribution in [1.29, 1.82) is 0 Å². The second-order valence-corrected chi connectivity index (χ2v) is 5.67. The molecule has 2 N–H and O–H groups in total. The van der Waals surface area contributed by atoms with Crippen LogP contribution in [0.15, 0.2) is 53.0 Å². The molecule has 0 aliphatic heterocycles. The standard InChI is InChI=1S/C17H19BrN2O/c1-2-10-19-12-13-6-5-7-14(11-13)20-17(21)15-8-3-4-9-16(15)18/h3-9,11,19H,2,10,12H2,1H3,(H,20,21). The van der Waals surface area contributed by atoms with E-state index in [0.717, 1.165) is 35.2 Å². The third kappa shape index (κ3) is 4.69. The fourth-order valence-electron chi connectivity index (χ4n) is 2.01. The Balaban J connectivity index is 2.04. The molecule has 0 heterocycles. The smallest absolute Gasteiger partial charge is 0.256 e. The molecule has 0 aromatic heterocycles. The third-order valence-electron chi connectivity index (χ3n) is 3.06. The molecule has 1 amide bonds. The first-order valence-electron chi connectivity index (χ1n) is 7.06. The maximum atomic E-state index is 12.2. The Morgan fingerprint density at radius 3 is 2.71 bits per heavy atom. The van der Waals surface area contributed by atoms with Crippen molar-refractivity contribution >= 4 is 27.5 Å². The monoisotopic (exact) mass is 346 g/mol. The van der Waals surface area contributed by atoms with Crippen LogP contribution in [0.25, 0.3) is 0 Å². The number of anilines is 1. The van der Waals surface area contributed by atoms with Crippen molar-refractivity contribution in [2.75, 3.05) is 11.9 Å². The fourth-order valence-corrected chi connectivity index (χ4v) is 2.48. The first-order chi connectivity index (χ1) is 10.2. The second kappa shape index (κ2) is 7.96. The molecule has 2 rings (SSSR count). The fraction of sp³-hybridized carbons (Fsp3) is 0.235. The Labute approximate surface area is 133 Å². The van der Waals surface area contributed by atoms with Crippen LogP contribution < -0.4 is 10.6 Å². The van der Waals surface area contributed by atoms with E-state index in [1.165, 1.54) is 0 Å². The Morgan fingerprint density at radius 1 is 1.14 bits per heavy atom. The van der Waals surface area contributed by atoms with Gasteiger partial charge in [0.1, 0.15) is 0 Å². The Bertz CT molecular complexity index is 613. The maximum absolute atomic E-state index is 12.2. The minimum atomic E-state index is -0.110. The van der Waals surface area contributed by atoms with Crippen LogP contribution in [0.5, 0.6) is 0 Å². The number of benzene rings is 2. The van der Waals surface area contributed by atoms with Gasteiger partial charge >= 0.3 is 0 Å². The summed E-state index contributed by atoms with van der Waals surface area (Å²) in [7, 11) is 0. The second-order valence-electron chi connectivity index (χ2n) is 4.81. The number of halogens is 1. The molecule has 0 aliphatic carbocycles. The zero-order valence-corrected chi connectivity index (χ0v) is 13.6. The molecule has 0 aliphatic rings. The van der Waals surface area contributed by atoms with Crippen molar-refractivity contribution in [3.05, 3.63) is 64.1 Å². The minimum absolute atomic E-state index is 0.110. The van der Waals surface area contributed by atoms with Crippen LogP contribution in [-0.2, 0) is 6.54 Å². The van der Waals surface area contributed by atoms with Crippen molar-refractivity contribution in [1.82, 2.24) is 5.32 Å². The lowest BCUT2D eigenvalue weighted by molar-refractivity contribution is 0.102. The summed E-state index contributed by atoms with van der Waals surface area (Å²) in [5.41, 5.74) is 2.60. The largest absolute Gasteiger partial charge is 0.322 e. The van der Waals surface area contributed by atoms with Gasteiger partial charge in [-0.2, -0.15) is 0 Å². The molecular weight excluding hydrogens is 328 g/mol. The van der Waals surface area contributed by atoms with E-state index in [0.29, 0.717) is 5.56 Å². The zero-order valence-electron chi connectivity index (χ0n) is 12.0. The summed E-state index contributed by atoms with van der Waals surface area (Å²) >= 11 is 3.40. The molecule has 0 bridgehead atoms. The van der Waals surface area contributed by atoms with E-state index in [2.05, 4.69) is 39.6 Å². The van der Waals surface area contributed by atoms with E-state index in [4.69, 9.17) is 0 Å². The third-order valence-corrected chi connectivity index (χ3v) is 3.75. The van der Waals surface area contributed by atoms with Gasteiger partial charge in [0, 0.05) is 16.7 Å². The van der Waals surface area contributed by atoms with E-state index in [1.807, 2.05) is 36.4 Å². The summed E-state index contributed by atoms with van der Waals surface area (Å²) in [5, 5.41) is 6.29. The lowest BCUT2D eigenvalue weighted by Crippen LogP contribution is -2.15. The van der Waals surface area contributed by atoms with Crippen LogP contribution in [0, 0.1) is 0 Å². The quantitative estimate of drug-likeness (QED) is 0.769. The molecule has 4 heteroatoms. The SMILES string of the molecule is CCCNCc1cccc(NC(=O)c2ccccc2Br)c1. The van der Waals surface area contributed by atoms with Crippen LogP contribution in [-0.4, -0.2) is 12.5 Å². The molecule has 0 saturated carbocycles. The molecule has 2 aromatic carbocycles. The van der Waals surface area contributed by atoms with Crippen LogP contribution in [0.3, 0.4) is 0 Å². The van der Waals surface area contributed by atoms with Crippen molar-refractivity contribution < 1.29 is 4.79 Å². The minimum Gasteiger partial charge on any atom is -0.322 e. The Hall–Kier alpha value is -1.65. The van der Waals surface area contributed by atoms with Gasteiger partial charge in [0.05, 0.1) is 5.56 Å². The van der Waals surface area contributed by atoms with Crippen LogP contribution >= 0.6 is 15.9 Å². The van der Waals surface area contributed by atoms with Gasteiger partial charge in [0.2, 0.25) is 0 Å². The van der Waals surface area contributed by atoms with Crippen molar-refractivity contribution in [3.8, 4) is 0 Å². The van der Waals surface area contributed by atoms with Gasteiger partial charge in [-0.15, -0.1) is 0 Å². The number of carbonyl (C=O) groups is 1. The summed E-state index contributed by atoms with van der Waals surface area (Å²) in [6, 6.07) is 15.3. The Morgan fingerprint density at radius 2 is 1.95 bits per heavy atom. The lowest BCUT2D eigenvalue weighted by atomic mass is 10.1. The molecule has 2 aromatic rings. The average Bonchev–Trinajstić information content (AvgIpc) is 2.48. The lowest BCUT2D eigenvalue weighted by Gasteiger charge is -2.09. The van der Waals surface area contributed by atoms with Gasteiger partial charge in [0.25, 0.3) is 5.91 Å². The molecule has 0 spiro atoms. The number of nitrogens with one attached hydrogen (secondary N) is 2. The van der Waals surface area contributed by atoms with Crippen LogP contribution in [0.2, 0.25) is 0 Å². The highest BCUT2D eigenvalue weighted by Crippen LogP contribution is 2.18.